The summed E-state index contributed by atoms with van der Waals surface area (Å²) in [5.74, 6) is -1.33. The van der Waals surface area contributed by atoms with Gasteiger partial charge in [0.2, 0.25) is 5.91 Å². The topological polar surface area (TPSA) is 97.7 Å². The fourth-order valence-electron chi connectivity index (χ4n) is 4.70. The molecule has 11 heteroatoms. The zero-order valence-electron chi connectivity index (χ0n) is 21.1. The lowest BCUT2D eigenvalue weighted by Gasteiger charge is -2.35. The van der Waals surface area contributed by atoms with Gasteiger partial charge in [-0.1, -0.05) is 6.07 Å². The Morgan fingerprint density at radius 3 is 2.50 bits per heavy atom. The van der Waals surface area contributed by atoms with Crippen LogP contribution in [0.4, 0.5) is 14.6 Å². The molecular formula is C27H27F2N5O4. The van der Waals surface area contributed by atoms with E-state index in [1.807, 2.05) is 0 Å². The molecule has 0 spiro atoms. The van der Waals surface area contributed by atoms with Gasteiger partial charge in [-0.3, -0.25) is 4.79 Å². The summed E-state index contributed by atoms with van der Waals surface area (Å²) in [4.78, 5) is 42.2. The molecule has 0 atom stereocenters. The largest absolute Gasteiger partial charge is 0.487 e. The number of fused-ring (bicyclic) bond motifs is 1. The normalized spacial score (nSPS) is 15.7. The van der Waals surface area contributed by atoms with Crippen LogP contribution in [-0.2, 0) is 22.5 Å². The number of ether oxygens (including phenoxy) is 2. The molecule has 1 fully saturated rings. The number of anilines is 1. The van der Waals surface area contributed by atoms with E-state index in [4.69, 9.17) is 19.4 Å². The highest BCUT2D eigenvalue weighted by molar-refractivity contribution is 5.88. The van der Waals surface area contributed by atoms with Crippen LogP contribution in [0.25, 0.3) is 11.4 Å². The van der Waals surface area contributed by atoms with E-state index in [0.717, 1.165) is 11.8 Å². The molecule has 2 aliphatic rings. The molecule has 2 aliphatic heterocycles. The third-order valence-corrected chi connectivity index (χ3v) is 6.75. The van der Waals surface area contributed by atoms with Gasteiger partial charge in [0.1, 0.15) is 23.3 Å². The van der Waals surface area contributed by atoms with Crippen LogP contribution >= 0.6 is 0 Å². The maximum atomic E-state index is 14.1. The number of methoxy groups -OCH3 is 1. The molecule has 198 valence electrons. The first kappa shape index (κ1) is 25.5. The number of carbonyl (C=O) groups is 2. The maximum Gasteiger partial charge on any atom is 0.356 e. The Balaban J connectivity index is 1.44. The standard InChI is InChI=1S/C27H27F2N5O4/c1-16(35)34-13-10-20-23(15-34)31-25(21-4-3-5-22(30-21)27(36)37-2)26(32-20)33-11-8-18(9-12-33)38-24-7-6-17(28)14-19(24)29/h3-7,14,18H,8-13,15H2,1-2H3. The monoisotopic (exact) mass is 523 g/mol. The molecule has 9 nitrogen and oxygen atoms in total. The van der Waals surface area contributed by atoms with Gasteiger partial charge in [0.15, 0.2) is 17.4 Å². The molecule has 0 radical (unpaired) electrons. The molecule has 0 bridgehead atoms. The van der Waals surface area contributed by atoms with Crippen molar-refractivity contribution in [1.82, 2.24) is 19.9 Å². The molecule has 1 aromatic carbocycles. The minimum atomic E-state index is -0.730. The van der Waals surface area contributed by atoms with Crippen molar-refractivity contribution in [3.05, 3.63) is 65.1 Å². The highest BCUT2D eigenvalue weighted by Crippen LogP contribution is 2.32. The quantitative estimate of drug-likeness (QED) is 0.469. The molecule has 3 aromatic rings. The van der Waals surface area contributed by atoms with Crippen molar-refractivity contribution in [3.8, 4) is 17.1 Å². The van der Waals surface area contributed by atoms with Gasteiger partial charge in [-0.25, -0.2) is 28.5 Å². The summed E-state index contributed by atoms with van der Waals surface area (Å²) in [6.45, 7) is 3.55. The number of esters is 1. The zero-order valence-corrected chi connectivity index (χ0v) is 21.1. The number of pyridine rings is 1. The molecule has 5 rings (SSSR count). The summed E-state index contributed by atoms with van der Waals surface area (Å²) in [6, 6.07) is 8.31. The van der Waals surface area contributed by atoms with Crippen LogP contribution in [0.1, 0.15) is 41.6 Å². The summed E-state index contributed by atoms with van der Waals surface area (Å²) in [7, 11) is 1.29. The summed E-state index contributed by atoms with van der Waals surface area (Å²) >= 11 is 0. The smallest absolute Gasteiger partial charge is 0.356 e. The van der Waals surface area contributed by atoms with E-state index < -0.39 is 17.6 Å². The number of aromatic nitrogens is 3. The van der Waals surface area contributed by atoms with Crippen LogP contribution in [-0.4, -0.2) is 64.6 Å². The van der Waals surface area contributed by atoms with Crippen LogP contribution in [0.5, 0.6) is 5.75 Å². The average molecular weight is 524 g/mol. The lowest BCUT2D eigenvalue weighted by molar-refractivity contribution is -0.129. The van der Waals surface area contributed by atoms with Gasteiger partial charge < -0.3 is 19.3 Å². The van der Waals surface area contributed by atoms with Crippen LogP contribution in [0.2, 0.25) is 0 Å². The molecule has 0 aliphatic carbocycles. The van der Waals surface area contributed by atoms with Crippen molar-refractivity contribution in [2.45, 2.75) is 38.8 Å². The zero-order chi connectivity index (χ0) is 26.8. The molecule has 4 heterocycles. The molecule has 1 saturated heterocycles. The number of carbonyl (C=O) groups excluding carboxylic acids is 2. The number of hydrogen-bond donors (Lipinski definition) is 0. The molecule has 1 amide bonds. The third kappa shape index (κ3) is 5.27. The van der Waals surface area contributed by atoms with Gasteiger partial charge in [-0.2, -0.15) is 0 Å². The van der Waals surface area contributed by atoms with Crippen LogP contribution in [0, 0.1) is 11.6 Å². The molecule has 0 unspecified atom stereocenters. The number of halogens is 2. The first-order valence-corrected chi connectivity index (χ1v) is 12.4. The summed E-state index contributed by atoms with van der Waals surface area (Å²) in [5.41, 5.74) is 2.63. The second-order valence-corrected chi connectivity index (χ2v) is 9.26. The van der Waals surface area contributed by atoms with Gasteiger partial charge in [-0.05, 0) is 24.3 Å². The number of nitrogens with zero attached hydrogens (tertiary/aromatic N) is 5. The van der Waals surface area contributed by atoms with Gasteiger partial charge >= 0.3 is 5.97 Å². The first-order valence-electron chi connectivity index (χ1n) is 12.4. The van der Waals surface area contributed by atoms with Gasteiger partial charge in [0.25, 0.3) is 0 Å². The Bertz CT molecular complexity index is 1380. The predicted octanol–water partition coefficient (Wildman–Crippen LogP) is 3.56. The SMILES string of the molecule is COC(=O)c1cccc(-c2nc3c(nc2N2CCC(Oc4ccc(F)cc4F)CC2)CCN(C(C)=O)C3)n1. The van der Waals surface area contributed by atoms with Gasteiger partial charge in [0.05, 0.1) is 30.7 Å². The molecular weight excluding hydrogens is 496 g/mol. The third-order valence-electron chi connectivity index (χ3n) is 6.75. The van der Waals surface area contributed by atoms with Crippen molar-refractivity contribution >= 4 is 17.7 Å². The number of rotatable bonds is 5. The second kappa shape index (κ2) is 10.7. The van der Waals surface area contributed by atoms with Gasteiger partial charge in [0, 0.05) is 51.9 Å². The Labute approximate surface area is 218 Å². The highest BCUT2D eigenvalue weighted by Gasteiger charge is 2.29. The Morgan fingerprint density at radius 1 is 1.00 bits per heavy atom. The average Bonchev–Trinajstić information content (AvgIpc) is 2.93. The molecule has 0 saturated carbocycles. The maximum absolute atomic E-state index is 14.1. The number of hydrogen-bond acceptors (Lipinski definition) is 8. The Kier molecular flexibility index (Phi) is 7.17. The molecule has 38 heavy (non-hydrogen) atoms. The first-order chi connectivity index (χ1) is 18.3. The number of benzene rings is 1. The minimum Gasteiger partial charge on any atom is -0.487 e. The van der Waals surface area contributed by atoms with E-state index in [1.165, 1.54) is 26.2 Å². The summed E-state index contributed by atoms with van der Waals surface area (Å²) < 4.78 is 38.0. The van der Waals surface area contributed by atoms with E-state index in [-0.39, 0.29) is 23.5 Å². The van der Waals surface area contributed by atoms with Gasteiger partial charge in [-0.15, -0.1) is 0 Å². The fraction of sp³-hybridized carbons (Fsp3) is 0.370. The van der Waals surface area contributed by atoms with Crippen LogP contribution < -0.4 is 9.64 Å². The lowest BCUT2D eigenvalue weighted by atomic mass is 10.1. The fourth-order valence-corrected chi connectivity index (χ4v) is 4.70. The Hall–Kier alpha value is -4.15. The number of amides is 1. The predicted molar refractivity (Wildman–Crippen MR) is 134 cm³/mol. The van der Waals surface area contributed by atoms with E-state index in [2.05, 4.69) is 9.88 Å². The van der Waals surface area contributed by atoms with Crippen molar-refractivity contribution in [2.24, 2.45) is 0 Å². The molecule has 0 N–H and O–H groups in total. The van der Waals surface area contributed by atoms with E-state index in [0.29, 0.717) is 68.3 Å². The van der Waals surface area contributed by atoms with E-state index >= 15 is 0 Å². The van der Waals surface area contributed by atoms with E-state index in [9.17, 15) is 18.4 Å². The minimum absolute atomic E-state index is 0.0259. The highest BCUT2D eigenvalue weighted by atomic mass is 19.1. The summed E-state index contributed by atoms with van der Waals surface area (Å²) in [6.07, 6.45) is 1.50. The lowest BCUT2D eigenvalue weighted by Crippen LogP contribution is -2.40. The number of piperidine rings is 1. The van der Waals surface area contributed by atoms with E-state index in [1.54, 1.807) is 23.1 Å². The van der Waals surface area contributed by atoms with Crippen molar-refractivity contribution < 1.29 is 27.8 Å². The second-order valence-electron chi connectivity index (χ2n) is 9.26. The van der Waals surface area contributed by atoms with Crippen LogP contribution in [0.15, 0.2) is 36.4 Å². The Morgan fingerprint density at radius 2 is 1.79 bits per heavy atom. The van der Waals surface area contributed by atoms with Crippen molar-refractivity contribution in [2.75, 3.05) is 31.6 Å². The van der Waals surface area contributed by atoms with Crippen molar-refractivity contribution in [3.63, 3.8) is 0 Å². The summed E-state index contributed by atoms with van der Waals surface area (Å²) in [5, 5.41) is 0. The van der Waals surface area contributed by atoms with Crippen LogP contribution in [0.3, 0.4) is 0 Å². The molecule has 2 aromatic heterocycles. The van der Waals surface area contributed by atoms with Crippen molar-refractivity contribution in [1.29, 1.82) is 0 Å².